The molecular weight excluding hydrogens is 653 g/mol. The molecule has 0 saturated carbocycles. The number of hydrogen-bond acceptors (Lipinski definition) is 2. The number of benzene rings is 4. The molecule has 2 heteroatoms. The van der Waals surface area contributed by atoms with Gasteiger partial charge >= 0.3 is 0 Å². The molecule has 290 valence electrons. The van der Waals surface area contributed by atoms with Crippen LogP contribution in [0.2, 0.25) is 0 Å². The van der Waals surface area contributed by atoms with Crippen LogP contribution >= 0.6 is 0 Å². The fourth-order valence-corrected chi connectivity index (χ4v) is 10.4. The van der Waals surface area contributed by atoms with Gasteiger partial charge in [0, 0.05) is 10.8 Å². The average Bonchev–Trinajstić information content (AvgIpc) is 3.60. The summed E-state index contributed by atoms with van der Waals surface area (Å²) in [5.41, 5.74) is 15.1. The summed E-state index contributed by atoms with van der Waals surface area (Å²) in [6.45, 7) is 6.90. The number of hydrogen-bond donors (Lipinski definition) is 0. The van der Waals surface area contributed by atoms with Gasteiger partial charge in [-0.25, -0.2) is 0 Å². The highest BCUT2D eigenvalue weighted by Gasteiger charge is 2.44. The molecule has 0 saturated heterocycles. The summed E-state index contributed by atoms with van der Waals surface area (Å²) >= 11 is 0. The molecule has 0 atom stereocenters. The molecule has 0 unspecified atom stereocenters. The van der Waals surface area contributed by atoms with E-state index in [0.717, 1.165) is 13.1 Å². The van der Waals surface area contributed by atoms with Gasteiger partial charge in [-0.2, -0.15) is 0 Å². The lowest BCUT2D eigenvalue weighted by Crippen LogP contribution is -2.28. The number of fused-ring (bicyclic) bond motifs is 6. The molecule has 0 aromatic heterocycles. The Balaban J connectivity index is 1.40. The van der Waals surface area contributed by atoms with Crippen LogP contribution in [0.5, 0.6) is 0 Å². The molecule has 0 spiro atoms. The lowest BCUT2D eigenvalue weighted by molar-refractivity contribution is 0.328. The average molecular weight is 725 g/mol. The van der Waals surface area contributed by atoms with E-state index in [0.29, 0.717) is 0 Å². The van der Waals surface area contributed by atoms with Crippen molar-refractivity contribution in [2.24, 2.45) is 0 Å². The Morgan fingerprint density at radius 2 is 0.722 bits per heavy atom. The van der Waals surface area contributed by atoms with Crippen LogP contribution in [0.1, 0.15) is 152 Å². The lowest BCUT2D eigenvalue weighted by atomic mass is 9.70. The monoisotopic (exact) mass is 725 g/mol. The van der Waals surface area contributed by atoms with Crippen molar-refractivity contribution in [3.63, 3.8) is 0 Å². The van der Waals surface area contributed by atoms with Crippen LogP contribution in [0, 0.1) is 0 Å². The van der Waals surface area contributed by atoms with Crippen molar-refractivity contribution in [3.8, 4) is 33.4 Å². The van der Waals surface area contributed by atoms with Gasteiger partial charge in [0.25, 0.3) is 0 Å². The lowest BCUT2D eigenvalue weighted by Gasteiger charge is -2.34. The molecule has 0 radical (unpaired) electrons. The number of nitrogens with zero attached hydrogens (tertiary/aromatic N) is 2. The molecule has 4 aromatic carbocycles. The zero-order chi connectivity index (χ0) is 38.0. The minimum absolute atomic E-state index is 0.0419. The van der Waals surface area contributed by atoms with Crippen LogP contribution in [0.4, 0.5) is 0 Å². The van der Waals surface area contributed by atoms with Gasteiger partial charge in [-0.05, 0) is 148 Å². The predicted octanol–water partition coefficient (Wildman–Crippen LogP) is 14.1. The van der Waals surface area contributed by atoms with E-state index in [4.69, 9.17) is 0 Å². The largest absolute Gasteiger partial charge is 0.309 e. The van der Waals surface area contributed by atoms with E-state index in [1.807, 2.05) is 0 Å². The maximum Gasteiger partial charge on any atom is 0.0216 e. The number of rotatable bonds is 23. The summed E-state index contributed by atoms with van der Waals surface area (Å²) in [4.78, 5) is 4.72. The molecule has 6 rings (SSSR count). The zero-order valence-corrected chi connectivity index (χ0v) is 35.1. The third kappa shape index (κ3) is 8.76. The Kier molecular flexibility index (Phi) is 14.3. The second kappa shape index (κ2) is 19.1. The SMILES string of the molecule is CCCCCCCCC1(CCCCCCCC)c2ccccc2-c2ccc(-c3ccc4c(c3)C(CCCN(C)C)(CCCN(C)C)c3ccccc3-4)cc21. The van der Waals surface area contributed by atoms with Crippen molar-refractivity contribution in [1.82, 2.24) is 9.80 Å². The Bertz CT molecular complexity index is 1750. The summed E-state index contributed by atoms with van der Waals surface area (Å²) in [5, 5.41) is 0. The Morgan fingerprint density at radius 1 is 0.370 bits per heavy atom. The topological polar surface area (TPSA) is 6.48 Å². The highest BCUT2D eigenvalue weighted by atomic mass is 15.1. The van der Waals surface area contributed by atoms with Crippen molar-refractivity contribution in [3.05, 3.63) is 107 Å². The van der Waals surface area contributed by atoms with E-state index in [9.17, 15) is 0 Å². The maximum atomic E-state index is 2.66. The molecule has 0 amide bonds. The molecule has 0 N–H and O–H groups in total. The molecule has 2 aliphatic carbocycles. The summed E-state index contributed by atoms with van der Waals surface area (Å²) in [6, 6.07) is 34.0. The highest BCUT2D eigenvalue weighted by molar-refractivity contribution is 5.87. The van der Waals surface area contributed by atoms with Gasteiger partial charge in [-0.1, -0.05) is 164 Å². The number of unbranched alkanes of at least 4 members (excludes halogenated alkanes) is 10. The van der Waals surface area contributed by atoms with Crippen LogP contribution < -0.4 is 0 Å². The maximum absolute atomic E-state index is 2.66. The van der Waals surface area contributed by atoms with E-state index in [1.54, 1.807) is 22.3 Å². The van der Waals surface area contributed by atoms with Gasteiger partial charge in [-0.3, -0.25) is 0 Å². The summed E-state index contributed by atoms with van der Waals surface area (Å²) in [7, 11) is 8.88. The van der Waals surface area contributed by atoms with Crippen molar-refractivity contribution >= 4 is 0 Å². The minimum Gasteiger partial charge on any atom is -0.309 e. The van der Waals surface area contributed by atoms with Crippen LogP contribution in [0.3, 0.4) is 0 Å². The summed E-state index contributed by atoms with van der Waals surface area (Å²) in [6.07, 6.45) is 23.5. The van der Waals surface area contributed by atoms with E-state index in [1.165, 1.54) is 149 Å². The smallest absolute Gasteiger partial charge is 0.0216 e. The second-order valence-electron chi connectivity index (χ2n) is 17.6. The van der Waals surface area contributed by atoms with E-state index in [2.05, 4.69) is 137 Å². The first-order valence-corrected chi connectivity index (χ1v) is 22.1. The summed E-state index contributed by atoms with van der Waals surface area (Å²) < 4.78 is 0. The Hall–Kier alpha value is -3.20. The standard InChI is InChI=1S/C52H72N2/c1-7-9-11-13-15-21-33-51(34-22-16-14-12-10-8-2)47-27-19-17-25-43(47)45-31-29-41(39-49(45)51)42-30-32-46-44-26-18-20-28-48(44)52(50(46)40-42,35-23-37-53(3)4)36-24-38-54(5)6/h17-20,25-32,39-40H,7-16,21-24,33-38H2,1-6H3. The van der Waals surface area contributed by atoms with Gasteiger partial charge in [0.05, 0.1) is 0 Å². The molecule has 0 fully saturated rings. The summed E-state index contributed by atoms with van der Waals surface area (Å²) in [5.74, 6) is 0. The first-order chi connectivity index (χ1) is 26.3. The molecule has 0 aliphatic heterocycles. The van der Waals surface area contributed by atoms with Crippen LogP contribution in [0.15, 0.2) is 84.9 Å². The molecule has 4 aromatic rings. The first kappa shape index (κ1) is 40.5. The fourth-order valence-electron chi connectivity index (χ4n) is 10.4. The van der Waals surface area contributed by atoms with Crippen molar-refractivity contribution in [2.75, 3.05) is 41.3 Å². The van der Waals surface area contributed by atoms with E-state index in [-0.39, 0.29) is 10.8 Å². The van der Waals surface area contributed by atoms with E-state index >= 15 is 0 Å². The van der Waals surface area contributed by atoms with Gasteiger partial charge in [-0.15, -0.1) is 0 Å². The molecule has 0 bridgehead atoms. The third-order valence-electron chi connectivity index (χ3n) is 13.2. The molecule has 2 aliphatic rings. The van der Waals surface area contributed by atoms with Crippen LogP contribution in [-0.4, -0.2) is 51.1 Å². The van der Waals surface area contributed by atoms with Gasteiger partial charge in [0.1, 0.15) is 0 Å². The quantitative estimate of drug-likeness (QED) is 0.0703. The van der Waals surface area contributed by atoms with Crippen molar-refractivity contribution in [2.45, 2.75) is 140 Å². The first-order valence-electron chi connectivity index (χ1n) is 22.1. The normalized spacial score (nSPS) is 14.7. The highest BCUT2D eigenvalue weighted by Crippen LogP contribution is 2.57. The minimum atomic E-state index is 0.0419. The van der Waals surface area contributed by atoms with Gasteiger partial charge < -0.3 is 9.80 Å². The van der Waals surface area contributed by atoms with Gasteiger partial charge in [0.15, 0.2) is 0 Å². The van der Waals surface area contributed by atoms with Crippen LogP contribution in [0.25, 0.3) is 33.4 Å². The molecule has 0 heterocycles. The second-order valence-corrected chi connectivity index (χ2v) is 17.6. The predicted molar refractivity (Wildman–Crippen MR) is 236 cm³/mol. The zero-order valence-electron chi connectivity index (χ0n) is 35.1. The molecular formula is C52H72N2. The molecule has 54 heavy (non-hydrogen) atoms. The van der Waals surface area contributed by atoms with Crippen LogP contribution in [-0.2, 0) is 10.8 Å². The Morgan fingerprint density at radius 3 is 1.13 bits per heavy atom. The third-order valence-corrected chi connectivity index (χ3v) is 13.2. The van der Waals surface area contributed by atoms with Crippen molar-refractivity contribution < 1.29 is 0 Å². The van der Waals surface area contributed by atoms with Gasteiger partial charge in [0.2, 0.25) is 0 Å². The van der Waals surface area contributed by atoms with E-state index < -0.39 is 0 Å². The molecule has 2 nitrogen and oxygen atoms in total. The Labute approximate surface area is 330 Å². The van der Waals surface area contributed by atoms with Crippen molar-refractivity contribution in [1.29, 1.82) is 0 Å². The fraction of sp³-hybridized carbons (Fsp3) is 0.538.